The molecule has 2 heterocycles. The van der Waals surface area contributed by atoms with Crippen LogP contribution in [-0.2, 0) is 16.1 Å². The Morgan fingerprint density at radius 2 is 2.17 bits per heavy atom. The van der Waals surface area contributed by atoms with Gasteiger partial charge < -0.3 is 11.1 Å². The van der Waals surface area contributed by atoms with Gasteiger partial charge in [-0.3, -0.25) is 19.1 Å². The van der Waals surface area contributed by atoms with Crippen LogP contribution in [0.15, 0.2) is 10.9 Å². The van der Waals surface area contributed by atoms with Gasteiger partial charge in [0, 0.05) is 31.0 Å². The third kappa shape index (κ3) is 4.89. The second-order valence-electron chi connectivity index (χ2n) is 6.30. The molecule has 132 valence electrons. The molecule has 0 unspecified atom stereocenters. The summed E-state index contributed by atoms with van der Waals surface area (Å²) >= 11 is 0. The van der Waals surface area contributed by atoms with Crippen LogP contribution >= 0.6 is 0 Å². The molecule has 0 bridgehead atoms. The first-order valence-corrected chi connectivity index (χ1v) is 8.20. The zero-order chi connectivity index (χ0) is 17.7. The molecule has 1 aliphatic rings. The van der Waals surface area contributed by atoms with E-state index in [-0.39, 0.29) is 30.0 Å². The molecule has 1 aromatic rings. The van der Waals surface area contributed by atoms with Crippen LogP contribution in [0.2, 0.25) is 0 Å². The number of nitrogens with two attached hydrogens (primary N) is 1. The molecule has 1 atom stereocenters. The quantitative estimate of drug-likeness (QED) is 0.705. The molecule has 1 aromatic heterocycles. The summed E-state index contributed by atoms with van der Waals surface area (Å²) in [5, 5.41) is 2.87. The molecule has 0 spiro atoms. The van der Waals surface area contributed by atoms with Crippen LogP contribution in [0, 0.1) is 19.8 Å². The Morgan fingerprint density at radius 1 is 1.42 bits per heavy atom. The average molecular weight is 335 g/mol. The van der Waals surface area contributed by atoms with Gasteiger partial charge in [0.15, 0.2) is 0 Å². The van der Waals surface area contributed by atoms with Gasteiger partial charge in [-0.25, -0.2) is 4.79 Å². The zero-order valence-corrected chi connectivity index (χ0v) is 14.2. The molecule has 1 saturated heterocycles. The van der Waals surface area contributed by atoms with Crippen LogP contribution in [0.25, 0.3) is 0 Å². The molecule has 2 amide bonds. The molecular weight excluding hydrogens is 310 g/mol. The summed E-state index contributed by atoms with van der Waals surface area (Å²) in [6.45, 7) is 5.91. The third-order valence-electron chi connectivity index (χ3n) is 4.24. The van der Waals surface area contributed by atoms with E-state index in [1.807, 2.05) is 17.9 Å². The van der Waals surface area contributed by atoms with E-state index in [0.717, 1.165) is 25.1 Å². The number of nitrogens with zero attached hydrogens (tertiary/aromatic N) is 3. The number of piperidine rings is 1. The van der Waals surface area contributed by atoms with Crippen molar-refractivity contribution < 1.29 is 9.59 Å². The van der Waals surface area contributed by atoms with E-state index >= 15 is 0 Å². The standard InChI is InChI=1S/C16H25N5O3/c1-11-8-12(2)21(16(24)19-11)7-5-18-15(23)13-4-3-6-20(9-13)10-14(17)22/h8,13H,3-7,9-10H2,1-2H3,(H2,17,22)(H,18,23)/t13-/m0/s1. The normalized spacial score (nSPS) is 18.3. The van der Waals surface area contributed by atoms with E-state index in [1.165, 1.54) is 0 Å². The molecule has 24 heavy (non-hydrogen) atoms. The molecule has 0 aliphatic carbocycles. The third-order valence-corrected chi connectivity index (χ3v) is 4.24. The fraction of sp³-hybridized carbons (Fsp3) is 0.625. The van der Waals surface area contributed by atoms with E-state index < -0.39 is 0 Å². The Bertz CT molecular complexity index is 670. The lowest BCUT2D eigenvalue weighted by atomic mass is 9.97. The molecule has 1 fully saturated rings. The van der Waals surface area contributed by atoms with Crippen LogP contribution < -0.4 is 16.7 Å². The monoisotopic (exact) mass is 335 g/mol. The first kappa shape index (κ1) is 18.1. The number of amides is 2. The predicted molar refractivity (Wildman–Crippen MR) is 89.3 cm³/mol. The van der Waals surface area contributed by atoms with Gasteiger partial charge in [-0.15, -0.1) is 0 Å². The van der Waals surface area contributed by atoms with Crippen LogP contribution in [0.1, 0.15) is 24.2 Å². The Balaban J connectivity index is 1.85. The smallest absolute Gasteiger partial charge is 0.348 e. The van der Waals surface area contributed by atoms with Gasteiger partial charge >= 0.3 is 5.69 Å². The Hall–Kier alpha value is -2.22. The minimum absolute atomic E-state index is 0.0463. The second-order valence-corrected chi connectivity index (χ2v) is 6.30. The van der Waals surface area contributed by atoms with Crippen molar-refractivity contribution in [1.29, 1.82) is 0 Å². The Kier molecular flexibility index (Phi) is 6.08. The van der Waals surface area contributed by atoms with Crippen LogP contribution in [0.3, 0.4) is 0 Å². The first-order valence-electron chi connectivity index (χ1n) is 8.20. The van der Waals surface area contributed by atoms with Crippen LogP contribution in [-0.4, -0.2) is 52.4 Å². The lowest BCUT2D eigenvalue weighted by Gasteiger charge is -2.31. The van der Waals surface area contributed by atoms with Crippen molar-refractivity contribution >= 4 is 11.8 Å². The van der Waals surface area contributed by atoms with Crippen molar-refractivity contribution in [2.45, 2.75) is 33.2 Å². The number of primary amides is 1. The van der Waals surface area contributed by atoms with Crippen molar-refractivity contribution in [3.05, 3.63) is 27.9 Å². The highest BCUT2D eigenvalue weighted by molar-refractivity contribution is 5.79. The van der Waals surface area contributed by atoms with Gasteiger partial charge in [0.2, 0.25) is 11.8 Å². The highest BCUT2D eigenvalue weighted by atomic mass is 16.2. The van der Waals surface area contributed by atoms with Gasteiger partial charge in [-0.05, 0) is 39.3 Å². The summed E-state index contributed by atoms with van der Waals surface area (Å²) in [7, 11) is 0. The minimum atomic E-state index is -0.377. The van der Waals surface area contributed by atoms with Crippen molar-refractivity contribution in [3.8, 4) is 0 Å². The molecule has 1 aliphatic heterocycles. The van der Waals surface area contributed by atoms with Crippen molar-refractivity contribution in [2.24, 2.45) is 11.7 Å². The number of aromatic nitrogens is 2. The fourth-order valence-electron chi connectivity index (χ4n) is 3.12. The topological polar surface area (TPSA) is 110 Å². The van der Waals surface area contributed by atoms with Gasteiger partial charge in [0.05, 0.1) is 12.5 Å². The van der Waals surface area contributed by atoms with Crippen molar-refractivity contribution in [2.75, 3.05) is 26.2 Å². The number of nitrogens with one attached hydrogen (secondary N) is 1. The molecule has 0 saturated carbocycles. The summed E-state index contributed by atoms with van der Waals surface area (Å²) in [6.07, 6.45) is 1.66. The molecule has 8 heteroatoms. The lowest BCUT2D eigenvalue weighted by molar-refractivity contribution is -0.128. The van der Waals surface area contributed by atoms with Gasteiger partial charge in [0.25, 0.3) is 0 Å². The van der Waals surface area contributed by atoms with E-state index in [1.54, 1.807) is 11.5 Å². The SMILES string of the molecule is Cc1cc(C)n(CCNC(=O)[C@H]2CCCN(CC(N)=O)C2)c(=O)n1. The molecule has 0 radical (unpaired) electrons. The maximum atomic E-state index is 12.3. The Morgan fingerprint density at radius 3 is 2.83 bits per heavy atom. The van der Waals surface area contributed by atoms with Crippen LogP contribution in [0.4, 0.5) is 0 Å². The number of hydrogen-bond donors (Lipinski definition) is 2. The lowest BCUT2D eigenvalue weighted by Crippen LogP contribution is -2.46. The number of carbonyl (C=O) groups is 2. The molecule has 2 rings (SSSR count). The van der Waals surface area contributed by atoms with Gasteiger partial charge in [-0.1, -0.05) is 0 Å². The van der Waals surface area contributed by atoms with Crippen LogP contribution in [0.5, 0.6) is 0 Å². The molecular formula is C16H25N5O3. The summed E-state index contributed by atoms with van der Waals surface area (Å²) in [4.78, 5) is 41.0. The number of carbonyl (C=O) groups excluding carboxylic acids is 2. The first-order chi connectivity index (χ1) is 11.4. The zero-order valence-electron chi connectivity index (χ0n) is 14.2. The largest absolute Gasteiger partial charge is 0.369 e. The van der Waals surface area contributed by atoms with Crippen molar-refractivity contribution in [1.82, 2.24) is 19.8 Å². The summed E-state index contributed by atoms with van der Waals surface area (Å²) in [5.74, 6) is -0.570. The highest BCUT2D eigenvalue weighted by Gasteiger charge is 2.26. The fourth-order valence-corrected chi connectivity index (χ4v) is 3.12. The minimum Gasteiger partial charge on any atom is -0.369 e. The maximum absolute atomic E-state index is 12.3. The number of likely N-dealkylation sites (tertiary alicyclic amines) is 1. The van der Waals surface area contributed by atoms with Gasteiger partial charge in [0.1, 0.15) is 0 Å². The number of hydrogen-bond acceptors (Lipinski definition) is 5. The van der Waals surface area contributed by atoms with E-state index in [4.69, 9.17) is 5.73 Å². The molecule has 0 aromatic carbocycles. The second kappa shape index (κ2) is 8.05. The average Bonchev–Trinajstić information content (AvgIpc) is 2.49. The molecule has 3 N–H and O–H groups in total. The number of rotatable bonds is 6. The number of aryl methyl sites for hydroxylation is 2. The summed E-state index contributed by atoms with van der Waals surface area (Å²) < 4.78 is 1.55. The van der Waals surface area contributed by atoms with E-state index in [2.05, 4.69) is 10.3 Å². The Labute approximate surface area is 141 Å². The van der Waals surface area contributed by atoms with E-state index in [0.29, 0.717) is 25.3 Å². The highest BCUT2D eigenvalue weighted by Crippen LogP contribution is 2.16. The summed E-state index contributed by atoms with van der Waals surface area (Å²) in [6, 6.07) is 1.84. The van der Waals surface area contributed by atoms with E-state index in [9.17, 15) is 14.4 Å². The van der Waals surface area contributed by atoms with Gasteiger partial charge in [-0.2, -0.15) is 4.98 Å². The maximum Gasteiger partial charge on any atom is 0.348 e. The predicted octanol–water partition coefficient (Wildman–Crippen LogP) is -0.826. The summed E-state index contributed by atoms with van der Waals surface area (Å²) in [5.41, 5.74) is 6.43. The van der Waals surface area contributed by atoms with Crippen molar-refractivity contribution in [3.63, 3.8) is 0 Å². The molecule has 8 nitrogen and oxygen atoms in total.